The van der Waals surface area contributed by atoms with Crippen molar-refractivity contribution in [3.05, 3.63) is 23.8 Å². The summed E-state index contributed by atoms with van der Waals surface area (Å²) in [6, 6.07) is 6.36. The molecule has 2 rings (SSSR count). The Bertz CT molecular complexity index is 445. The predicted molar refractivity (Wildman–Crippen MR) is 72.9 cm³/mol. The van der Waals surface area contributed by atoms with E-state index in [4.69, 9.17) is 4.74 Å². The second kappa shape index (κ2) is 5.40. The van der Waals surface area contributed by atoms with Crippen molar-refractivity contribution in [3.63, 3.8) is 0 Å². The van der Waals surface area contributed by atoms with Gasteiger partial charge in [-0.15, -0.1) is 0 Å². The molecule has 1 fully saturated rings. The van der Waals surface area contributed by atoms with E-state index in [-0.39, 0.29) is 12.0 Å². The third-order valence-electron chi connectivity index (χ3n) is 3.28. The second-order valence-corrected chi connectivity index (χ2v) is 4.83. The first-order chi connectivity index (χ1) is 8.56. The number of rotatable bonds is 3. The van der Waals surface area contributed by atoms with Gasteiger partial charge in [-0.3, -0.25) is 4.79 Å². The van der Waals surface area contributed by atoms with Crippen LogP contribution in [-0.2, 0) is 9.53 Å². The number of ether oxygens (including phenoxy) is 1. The average molecular weight is 248 g/mol. The molecule has 1 saturated heterocycles. The molecule has 2 unspecified atom stereocenters. The van der Waals surface area contributed by atoms with E-state index in [1.165, 1.54) is 6.92 Å². The molecule has 0 aromatic heterocycles. The maximum absolute atomic E-state index is 11.1. The van der Waals surface area contributed by atoms with Crippen molar-refractivity contribution in [1.29, 1.82) is 0 Å². The van der Waals surface area contributed by atoms with Crippen LogP contribution in [0, 0.1) is 6.92 Å². The third kappa shape index (κ3) is 3.01. The van der Waals surface area contributed by atoms with Crippen LogP contribution in [-0.4, -0.2) is 24.7 Å². The molecule has 0 saturated carbocycles. The zero-order valence-corrected chi connectivity index (χ0v) is 11.1. The maximum atomic E-state index is 11.1. The number of hydrogen-bond acceptors (Lipinski definition) is 3. The van der Waals surface area contributed by atoms with Gasteiger partial charge in [-0.1, -0.05) is 6.07 Å². The molecular weight excluding hydrogens is 228 g/mol. The maximum Gasteiger partial charge on any atom is 0.221 e. The molecule has 1 aromatic carbocycles. The van der Waals surface area contributed by atoms with Crippen LogP contribution in [0.25, 0.3) is 0 Å². The van der Waals surface area contributed by atoms with Gasteiger partial charge >= 0.3 is 0 Å². The van der Waals surface area contributed by atoms with Crippen LogP contribution in [0.4, 0.5) is 11.4 Å². The summed E-state index contributed by atoms with van der Waals surface area (Å²) in [5.74, 6) is -0.0483. The molecule has 0 bridgehead atoms. The molecule has 2 N–H and O–H groups in total. The first-order valence-electron chi connectivity index (χ1n) is 6.32. The summed E-state index contributed by atoms with van der Waals surface area (Å²) in [4.78, 5) is 11.1. The van der Waals surface area contributed by atoms with Gasteiger partial charge < -0.3 is 15.4 Å². The Labute approximate surface area is 108 Å². The SMILES string of the molecule is CC(=O)Nc1cc(NC2CCOC2C)ccc1C. The number of anilines is 2. The minimum Gasteiger partial charge on any atom is -0.380 e. The lowest BCUT2D eigenvalue weighted by atomic mass is 10.1. The van der Waals surface area contributed by atoms with Crippen molar-refractivity contribution < 1.29 is 9.53 Å². The van der Waals surface area contributed by atoms with E-state index in [0.717, 1.165) is 30.0 Å². The van der Waals surface area contributed by atoms with Gasteiger partial charge in [0.2, 0.25) is 5.91 Å². The van der Waals surface area contributed by atoms with E-state index in [1.807, 2.05) is 25.1 Å². The van der Waals surface area contributed by atoms with Gasteiger partial charge in [-0.25, -0.2) is 0 Å². The molecule has 0 spiro atoms. The Balaban J connectivity index is 2.11. The highest BCUT2D eigenvalue weighted by molar-refractivity contribution is 5.90. The average Bonchev–Trinajstić information content (AvgIpc) is 2.69. The molecule has 1 aromatic rings. The number of carbonyl (C=O) groups is 1. The van der Waals surface area contributed by atoms with Crippen molar-refractivity contribution in [2.24, 2.45) is 0 Å². The Morgan fingerprint density at radius 3 is 2.83 bits per heavy atom. The summed E-state index contributed by atoms with van der Waals surface area (Å²) in [6.45, 7) is 6.39. The Morgan fingerprint density at radius 2 is 2.22 bits per heavy atom. The van der Waals surface area contributed by atoms with E-state index < -0.39 is 0 Å². The highest BCUT2D eigenvalue weighted by Gasteiger charge is 2.23. The number of aryl methyl sites for hydroxylation is 1. The molecule has 1 aliphatic heterocycles. The van der Waals surface area contributed by atoms with Crippen LogP contribution in [0.1, 0.15) is 25.8 Å². The number of nitrogens with one attached hydrogen (secondary N) is 2. The fourth-order valence-corrected chi connectivity index (χ4v) is 2.17. The highest BCUT2D eigenvalue weighted by Crippen LogP contribution is 2.23. The van der Waals surface area contributed by atoms with Gasteiger partial charge in [0.1, 0.15) is 0 Å². The van der Waals surface area contributed by atoms with Gasteiger partial charge in [-0.05, 0) is 38.0 Å². The van der Waals surface area contributed by atoms with Crippen molar-refractivity contribution in [1.82, 2.24) is 0 Å². The Morgan fingerprint density at radius 1 is 1.44 bits per heavy atom. The first-order valence-corrected chi connectivity index (χ1v) is 6.32. The van der Waals surface area contributed by atoms with Gasteiger partial charge in [-0.2, -0.15) is 0 Å². The molecule has 0 aliphatic carbocycles. The van der Waals surface area contributed by atoms with Gasteiger partial charge in [0, 0.05) is 24.9 Å². The van der Waals surface area contributed by atoms with Crippen molar-refractivity contribution in [2.45, 2.75) is 39.3 Å². The van der Waals surface area contributed by atoms with Crippen molar-refractivity contribution in [2.75, 3.05) is 17.2 Å². The summed E-state index contributed by atoms with van der Waals surface area (Å²) in [5.41, 5.74) is 2.94. The lowest BCUT2D eigenvalue weighted by Crippen LogP contribution is -2.26. The number of carbonyl (C=O) groups excluding carboxylic acids is 1. The lowest BCUT2D eigenvalue weighted by Gasteiger charge is -2.18. The number of hydrogen-bond donors (Lipinski definition) is 2. The smallest absolute Gasteiger partial charge is 0.221 e. The zero-order valence-electron chi connectivity index (χ0n) is 11.1. The molecule has 1 amide bonds. The molecule has 1 aliphatic rings. The molecule has 4 nitrogen and oxygen atoms in total. The van der Waals surface area contributed by atoms with Crippen molar-refractivity contribution in [3.8, 4) is 0 Å². The molecule has 4 heteroatoms. The van der Waals surface area contributed by atoms with E-state index >= 15 is 0 Å². The largest absolute Gasteiger partial charge is 0.380 e. The molecule has 2 atom stereocenters. The highest BCUT2D eigenvalue weighted by atomic mass is 16.5. The summed E-state index contributed by atoms with van der Waals surface area (Å²) in [5, 5.41) is 6.29. The first kappa shape index (κ1) is 12.9. The van der Waals surface area contributed by atoms with Crippen LogP contribution >= 0.6 is 0 Å². The van der Waals surface area contributed by atoms with Crippen LogP contribution in [0.5, 0.6) is 0 Å². The van der Waals surface area contributed by atoms with Crippen LogP contribution in [0.15, 0.2) is 18.2 Å². The molecule has 98 valence electrons. The van der Waals surface area contributed by atoms with Crippen molar-refractivity contribution >= 4 is 17.3 Å². The lowest BCUT2D eigenvalue weighted by molar-refractivity contribution is -0.114. The van der Waals surface area contributed by atoms with Crippen LogP contribution in [0.3, 0.4) is 0 Å². The number of amides is 1. The molecular formula is C14H20N2O2. The summed E-state index contributed by atoms with van der Waals surface area (Å²) >= 11 is 0. The minimum absolute atomic E-state index is 0.0483. The standard InChI is InChI=1S/C14H20N2O2/c1-9-4-5-12(8-14(9)15-11(3)17)16-13-6-7-18-10(13)2/h4-5,8,10,13,16H,6-7H2,1-3H3,(H,15,17). The molecule has 18 heavy (non-hydrogen) atoms. The van der Waals surface area contributed by atoms with Gasteiger partial charge in [0.25, 0.3) is 0 Å². The normalized spacial score (nSPS) is 22.8. The Hall–Kier alpha value is -1.55. The van der Waals surface area contributed by atoms with E-state index in [2.05, 4.69) is 17.6 Å². The quantitative estimate of drug-likeness (QED) is 0.864. The fraction of sp³-hybridized carbons (Fsp3) is 0.500. The Kier molecular flexibility index (Phi) is 3.87. The van der Waals surface area contributed by atoms with Crippen LogP contribution < -0.4 is 10.6 Å². The summed E-state index contributed by atoms with van der Waals surface area (Å²) in [6.07, 6.45) is 1.25. The van der Waals surface area contributed by atoms with E-state index in [1.54, 1.807) is 0 Å². The van der Waals surface area contributed by atoms with Crippen LogP contribution in [0.2, 0.25) is 0 Å². The topological polar surface area (TPSA) is 50.4 Å². The van der Waals surface area contributed by atoms with E-state index in [9.17, 15) is 4.79 Å². The predicted octanol–water partition coefficient (Wildman–Crippen LogP) is 2.54. The second-order valence-electron chi connectivity index (χ2n) is 4.83. The molecule has 0 radical (unpaired) electrons. The third-order valence-corrected chi connectivity index (χ3v) is 3.28. The fourth-order valence-electron chi connectivity index (χ4n) is 2.17. The van der Waals surface area contributed by atoms with Gasteiger partial charge in [0.05, 0.1) is 12.1 Å². The molecule has 1 heterocycles. The minimum atomic E-state index is -0.0483. The number of benzene rings is 1. The summed E-state index contributed by atoms with van der Waals surface area (Å²) < 4.78 is 5.52. The monoisotopic (exact) mass is 248 g/mol. The zero-order chi connectivity index (χ0) is 13.1. The van der Waals surface area contributed by atoms with E-state index in [0.29, 0.717) is 6.04 Å². The van der Waals surface area contributed by atoms with Gasteiger partial charge in [0.15, 0.2) is 0 Å². The summed E-state index contributed by atoms with van der Waals surface area (Å²) in [7, 11) is 0.